The fourth-order valence-corrected chi connectivity index (χ4v) is 4.82. The van der Waals surface area contributed by atoms with Crippen LogP contribution < -0.4 is 5.32 Å². The lowest BCUT2D eigenvalue weighted by atomic mass is 9.74. The van der Waals surface area contributed by atoms with Crippen LogP contribution in [0.1, 0.15) is 31.2 Å². The third-order valence-electron chi connectivity index (χ3n) is 6.73. The predicted octanol–water partition coefficient (Wildman–Crippen LogP) is 1.63. The summed E-state index contributed by atoms with van der Waals surface area (Å²) in [5.74, 6) is 1.07. The van der Waals surface area contributed by atoms with Crippen LogP contribution in [0.3, 0.4) is 0 Å². The Bertz CT molecular complexity index is 719. The zero-order chi connectivity index (χ0) is 20.8. The molecule has 3 saturated heterocycles. The summed E-state index contributed by atoms with van der Waals surface area (Å²) in [7, 11) is 1.84. The van der Waals surface area contributed by atoms with Crippen molar-refractivity contribution in [3.8, 4) is 0 Å². The fraction of sp³-hybridized carbons (Fsp3) is 0.652. The van der Waals surface area contributed by atoms with Crippen LogP contribution in [0, 0.1) is 0 Å². The maximum absolute atomic E-state index is 12.6. The lowest BCUT2D eigenvalue weighted by Gasteiger charge is -2.41. The summed E-state index contributed by atoms with van der Waals surface area (Å²) in [6, 6.07) is 10.8. The molecule has 3 fully saturated rings. The molecule has 0 aromatic heterocycles. The van der Waals surface area contributed by atoms with E-state index in [0.29, 0.717) is 6.61 Å². The Balaban J connectivity index is 1.35. The van der Waals surface area contributed by atoms with Crippen molar-refractivity contribution in [3.05, 3.63) is 35.9 Å². The van der Waals surface area contributed by atoms with E-state index >= 15 is 0 Å². The number of guanidine groups is 1. The molecule has 3 aliphatic heterocycles. The van der Waals surface area contributed by atoms with Crippen molar-refractivity contribution < 1.29 is 14.3 Å². The number of amides is 1. The molecule has 1 amide bonds. The highest BCUT2D eigenvalue weighted by Crippen LogP contribution is 2.34. The SMILES string of the molecule is CN=C(NCC1(c2ccccc2)CCOCC1)N1CCN(C(=O)C2CCCO2)CC1. The molecule has 3 heterocycles. The maximum atomic E-state index is 12.6. The van der Waals surface area contributed by atoms with E-state index in [1.165, 1.54) is 5.56 Å². The molecule has 0 aliphatic carbocycles. The molecule has 164 valence electrons. The van der Waals surface area contributed by atoms with Gasteiger partial charge in [-0.15, -0.1) is 0 Å². The van der Waals surface area contributed by atoms with Crippen molar-refractivity contribution in [2.24, 2.45) is 4.99 Å². The van der Waals surface area contributed by atoms with Gasteiger partial charge in [-0.05, 0) is 31.2 Å². The maximum Gasteiger partial charge on any atom is 0.251 e. The largest absolute Gasteiger partial charge is 0.381 e. The van der Waals surface area contributed by atoms with Crippen LogP contribution in [0.2, 0.25) is 0 Å². The number of nitrogens with one attached hydrogen (secondary N) is 1. The highest BCUT2D eigenvalue weighted by Gasteiger charge is 2.35. The van der Waals surface area contributed by atoms with Crippen molar-refractivity contribution in [3.63, 3.8) is 0 Å². The summed E-state index contributed by atoms with van der Waals surface area (Å²) in [6.45, 7) is 6.15. The van der Waals surface area contributed by atoms with Crippen LogP contribution in [0.4, 0.5) is 0 Å². The van der Waals surface area contributed by atoms with E-state index < -0.39 is 0 Å². The molecule has 3 aliphatic rings. The zero-order valence-corrected chi connectivity index (χ0v) is 18.0. The molecule has 7 nitrogen and oxygen atoms in total. The summed E-state index contributed by atoms with van der Waals surface area (Å²) in [5, 5.41) is 3.64. The van der Waals surface area contributed by atoms with Gasteiger partial charge in [0.05, 0.1) is 0 Å². The number of hydrogen-bond acceptors (Lipinski definition) is 4. The van der Waals surface area contributed by atoms with Crippen molar-refractivity contribution in [1.29, 1.82) is 0 Å². The van der Waals surface area contributed by atoms with E-state index in [9.17, 15) is 4.79 Å². The quantitative estimate of drug-likeness (QED) is 0.599. The number of piperazine rings is 1. The van der Waals surface area contributed by atoms with Crippen LogP contribution in [0.5, 0.6) is 0 Å². The number of carbonyl (C=O) groups is 1. The Hall–Kier alpha value is -2.12. The second kappa shape index (κ2) is 9.79. The van der Waals surface area contributed by atoms with Crippen LogP contribution >= 0.6 is 0 Å². The van der Waals surface area contributed by atoms with Gasteiger partial charge < -0.3 is 24.6 Å². The van der Waals surface area contributed by atoms with Crippen molar-refractivity contribution in [2.75, 3.05) is 59.6 Å². The van der Waals surface area contributed by atoms with Crippen molar-refractivity contribution in [2.45, 2.75) is 37.2 Å². The molecule has 1 N–H and O–H groups in total. The van der Waals surface area contributed by atoms with E-state index in [-0.39, 0.29) is 17.4 Å². The number of aliphatic imine (C=N–C) groups is 1. The smallest absolute Gasteiger partial charge is 0.251 e. The summed E-state index contributed by atoms with van der Waals surface area (Å²) in [4.78, 5) is 21.4. The Morgan fingerprint density at radius 2 is 1.80 bits per heavy atom. The normalized spacial score (nSPS) is 24.7. The van der Waals surface area contributed by atoms with Gasteiger partial charge in [-0.2, -0.15) is 0 Å². The lowest BCUT2D eigenvalue weighted by molar-refractivity contribution is -0.142. The molecule has 1 aromatic rings. The monoisotopic (exact) mass is 414 g/mol. The first-order valence-electron chi connectivity index (χ1n) is 11.2. The highest BCUT2D eigenvalue weighted by molar-refractivity contribution is 5.83. The molecule has 0 spiro atoms. The van der Waals surface area contributed by atoms with E-state index in [4.69, 9.17) is 9.47 Å². The van der Waals surface area contributed by atoms with E-state index in [1.807, 2.05) is 11.9 Å². The van der Waals surface area contributed by atoms with Crippen LogP contribution in [0.25, 0.3) is 0 Å². The van der Waals surface area contributed by atoms with Gasteiger partial charge in [-0.3, -0.25) is 9.79 Å². The fourth-order valence-electron chi connectivity index (χ4n) is 4.82. The first kappa shape index (κ1) is 21.1. The van der Waals surface area contributed by atoms with Crippen molar-refractivity contribution >= 4 is 11.9 Å². The number of carbonyl (C=O) groups excluding carboxylic acids is 1. The topological polar surface area (TPSA) is 66.4 Å². The average Bonchev–Trinajstić information content (AvgIpc) is 3.36. The lowest BCUT2D eigenvalue weighted by Crippen LogP contribution is -2.56. The van der Waals surface area contributed by atoms with E-state index in [1.54, 1.807) is 0 Å². The summed E-state index contributed by atoms with van der Waals surface area (Å²) < 4.78 is 11.2. The zero-order valence-electron chi connectivity index (χ0n) is 18.0. The van der Waals surface area contributed by atoms with Crippen LogP contribution in [-0.2, 0) is 19.7 Å². The van der Waals surface area contributed by atoms with Gasteiger partial charge >= 0.3 is 0 Å². The van der Waals surface area contributed by atoms with E-state index in [0.717, 1.165) is 77.6 Å². The van der Waals surface area contributed by atoms with Gasteiger partial charge in [0.25, 0.3) is 5.91 Å². The molecule has 1 aromatic carbocycles. The number of ether oxygens (including phenoxy) is 2. The average molecular weight is 415 g/mol. The van der Waals surface area contributed by atoms with Gasteiger partial charge in [0, 0.05) is 65.0 Å². The molecule has 7 heteroatoms. The standard InChI is InChI=1S/C23H34N4O3/c1-24-22(27-13-11-26(12-14-27)21(28)20-8-5-15-30-20)25-18-23(9-16-29-17-10-23)19-6-3-2-4-7-19/h2-4,6-7,20H,5,8-18H2,1H3,(H,24,25). The molecular formula is C23H34N4O3. The molecule has 0 saturated carbocycles. The minimum atomic E-state index is -0.228. The first-order chi connectivity index (χ1) is 14.7. The summed E-state index contributed by atoms with van der Waals surface area (Å²) in [5.41, 5.74) is 1.43. The minimum Gasteiger partial charge on any atom is -0.381 e. The van der Waals surface area contributed by atoms with Gasteiger partial charge in [0.1, 0.15) is 6.10 Å². The number of hydrogen-bond donors (Lipinski definition) is 1. The molecule has 0 bridgehead atoms. The number of rotatable bonds is 4. The van der Waals surface area contributed by atoms with Gasteiger partial charge in [0.2, 0.25) is 0 Å². The third-order valence-corrected chi connectivity index (χ3v) is 6.73. The van der Waals surface area contributed by atoms with Gasteiger partial charge in [-0.25, -0.2) is 0 Å². The second-order valence-electron chi connectivity index (χ2n) is 8.47. The second-order valence-corrected chi connectivity index (χ2v) is 8.47. The first-order valence-corrected chi connectivity index (χ1v) is 11.2. The Morgan fingerprint density at radius 1 is 1.10 bits per heavy atom. The van der Waals surface area contributed by atoms with Gasteiger partial charge in [0.15, 0.2) is 5.96 Å². The molecule has 30 heavy (non-hydrogen) atoms. The van der Waals surface area contributed by atoms with E-state index in [2.05, 4.69) is 45.5 Å². The van der Waals surface area contributed by atoms with Crippen LogP contribution in [0.15, 0.2) is 35.3 Å². The summed E-state index contributed by atoms with van der Waals surface area (Å²) >= 11 is 0. The molecule has 0 radical (unpaired) electrons. The highest BCUT2D eigenvalue weighted by atomic mass is 16.5. The predicted molar refractivity (Wildman–Crippen MR) is 117 cm³/mol. The summed E-state index contributed by atoms with van der Waals surface area (Å²) in [6.07, 6.45) is 3.62. The Labute approximate surface area is 179 Å². The Morgan fingerprint density at radius 3 is 2.43 bits per heavy atom. The molecule has 1 atom stereocenters. The van der Waals surface area contributed by atoms with Crippen molar-refractivity contribution in [1.82, 2.24) is 15.1 Å². The molecular weight excluding hydrogens is 380 g/mol. The minimum absolute atomic E-state index is 0.0625. The molecule has 4 rings (SSSR count). The molecule has 1 unspecified atom stereocenters. The third kappa shape index (κ3) is 4.62. The Kier molecular flexibility index (Phi) is 6.89. The van der Waals surface area contributed by atoms with Crippen LogP contribution in [-0.4, -0.2) is 87.4 Å². The number of benzene rings is 1. The number of nitrogens with zero attached hydrogens (tertiary/aromatic N) is 3. The van der Waals surface area contributed by atoms with Gasteiger partial charge in [-0.1, -0.05) is 30.3 Å².